The lowest BCUT2D eigenvalue weighted by Crippen LogP contribution is -2.44. The van der Waals surface area contributed by atoms with Gasteiger partial charge >= 0.3 is 6.36 Å². The minimum absolute atomic E-state index is 0.0162. The van der Waals surface area contributed by atoms with Crippen molar-refractivity contribution in [2.45, 2.75) is 32.8 Å². The van der Waals surface area contributed by atoms with Crippen LogP contribution in [-0.2, 0) is 11.3 Å². The number of alkyl halides is 3. The van der Waals surface area contributed by atoms with Crippen molar-refractivity contribution in [3.05, 3.63) is 29.8 Å². The predicted molar refractivity (Wildman–Crippen MR) is 72.4 cm³/mol. The quantitative estimate of drug-likeness (QED) is 0.909. The minimum Gasteiger partial charge on any atom is -0.406 e. The van der Waals surface area contributed by atoms with Crippen LogP contribution in [-0.4, -0.2) is 30.3 Å². The van der Waals surface area contributed by atoms with Crippen molar-refractivity contribution in [2.75, 3.05) is 7.05 Å². The molecular formula is C14H19F3N2O2. The number of amides is 1. The molecule has 0 unspecified atom stereocenters. The highest BCUT2D eigenvalue weighted by molar-refractivity contribution is 5.81. The minimum atomic E-state index is -4.71. The molecule has 1 aromatic rings. The maximum absolute atomic E-state index is 12.0. The number of hydrogen-bond acceptors (Lipinski definition) is 3. The smallest absolute Gasteiger partial charge is 0.406 e. The summed E-state index contributed by atoms with van der Waals surface area (Å²) >= 11 is 0. The highest BCUT2D eigenvalue weighted by Crippen LogP contribution is 2.23. The fourth-order valence-electron chi connectivity index (χ4n) is 1.69. The lowest BCUT2D eigenvalue weighted by Gasteiger charge is -2.23. The molecule has 0 saturated heterocycles. The Morgan fingerprint density at radius 1 is 1.29 bits per heavy atom. The molecule has 0 bridgehead atoms. The zero-order valence-corrected chi connectivity index (χ0v) is 12.1. The number of ether oxygens (including phenoxy) is 1. The van der Waals surface area contributed by atoms with E-state index in [0.29, 0.717) is 5.56 Å². The van der Waals surface area contributed by atoms with Gasteiger partial charge in [-0.15, -0.1) is 13.2 Å². The van der Waals surface area contributed by atoms with Crippen LogP contribution in [0.2, 0.25) is 0 Å². The number of nitrogens with zero attached hydrogens (tertiary/aromatic N) is 1. The number of hydrogen-bond donors (Lipinski definition) is 1. The van der Waals surface area contributed by atoms with Crippen LogP contribution < -0.4 is 10.5 Å². The molecule has 4 nitrogen and oxygen atoms in total. The van der Waals surface area contributed by atoms with Crippen LogP contribution in [0.4, 0.5) is 13.2 Å². The van der Waals surface area contributed by atoms with Gasteiger partial charge in [-0.2, -0.15) is 0 Å². The van der Waals surface area contributed by atoms with Crippen molar-refractivity contribution in [1.82, 2.24) is 4.90 Å². The maximum Gasteiger partial charge on any atom is 0.573 e. The third-order valence-corrected chi connectivity index (χ3v) is 2.96. The van der Waals surface area contributed by atoms with Crippen LogP contribution in [0.5, 0.6) is 5.75 Å². The molecule has 1 atom stereocenters. The summed E-state index contributed by atoms with van der Waals surface area (Å²) in [4.78, 5) is 13.4. The molecule has 21 heavy (non-hydrogen) atoms. The van der Waals surface area contributed by atoms with E-state index >= 15 is 0 Å². The molecule has 0 spiro atoms. The first kappa shape index (κ1) is 17.3. The van der Waals surface area contributed by atoms with E-state index in [1.165, 1.54) is 29.2 Å². The van der Waals surface area contributed by atoms with E-state index in [2.05, 4.69) is 4.74 Å². The predicted octanol–water partition coefficient (Wildman–Crippen LogP) is 2.53. The largest absolute Gasteiger partial charge is 0.573 e. The third kappa shape index (κ3) is 5.63. The Hall–Kier alpha value is -1.76. The zero-order valence-electron chi connectivity index (χ0n) is 12.1. The van der Waals surface area contributed by atoms with E-state index in [1.54, 1.807) is 7.05 Å². The Labute approximate surface area is 121 Å². The van der Waals surface area contributed by atoms with Crippen LogP contribution in [0.3, 0.4) is 0 Å². The van der Waals surface area contributed by atoms with Gasteiger partial charge in [0, 0.05) is 13.6 Å². The summed E-state index contributed by atoms with van der Waals surface area (Å²) in [6, 6.07) is 4.78. The van der Waals surface area contributed by atoms with Crippen molar-refractivity contribution >= 4 is 5.91 Å². The van der Waals surface area contributed by atoms with Gasteiger partial charge in [0.25, 0.3) is 0 Å². The molecule has 0 fully saturated rings. The Bertz CT molecular complexity index is 472. The van der Waals surface area contributed by atoms with Crippen molar-refractivity contribution in [2.24, 2.45) is 11.7 Å². The van der Waals surface area contributed by atoms with E-state index in [1.807, 2.05) is 13.8 Å². The van der Waals surface area contributed by atoms with Crippen molar-refractivity contribution in [3.8, 4) is 5.75 Å². The summed E-state index contributed by atoms with van der Waals surface area (Å²) in [6.45, 7) is 3.96. The van der Waals surface area contributed by atoms with Crippen LogP contribution in [0.25, 0.3) is 0 Å². The highest BCUT2D eigenvalue weighted by Gasteiger charge is 2.31. The zero-order chi connectivity index (χ0) is 16.2. The van der Waals surface area contributed by atoms with Gasteiger partial charge in [0.05, 0.1) is 6.04 Å². The number of likely N-dealkylation sites (N-methyl/N-ethyl adjacent to an activating group) is 1. The summed E-state index contributed by atoms with van der Waals surface area (Å²) in [5.41, 5.74) is 6.46. The molecule has 0 heterocycles. The molecule has 7 heteroatoms. The average Bonchev–Trinajstić information content (AvgIpc) is 2.37. The fraction of sp³-hybridized carbons (Fsp3) is 0.500. The van der Waals surface area contributed by atoms with Gasteiger partial charge in [-0.1, -0.05) is 26.0 Å². The first-order valence-electron chi connectivity index (χ1n) is 6.45. The molecule has 0 aromatic heterocycles. The molecule has 1 rings (SSSR count). The topological polar surface area (TPSA) is 55.6 Å². The molecular weight excluding hydrogens is 285 g/mol. The lowest BCUT2D eigenvalue weighted by molar-refractivity contribution is -0.274. The number of benzene rings is 1. The van der Waals surface area contributed by atoms with Crippen LogP contribution in [0.15, 0.2) is 24.3 Å². The van der Waals surface area contributed by atoms with Crippen LogP contribution >= 0.6 is 0 Å². The Kier molecular flexibility index (Phi) is 5.60. The van der Waals surface area contributed by atoms with Gasteiger partial charge in [0.1, 0.15) is 5.75 Å². The summed E-state index contributed by atoms with van der Waals surface area (Å²) in [5.74, 6) is -0.484. The molecule has 2 N–H and O–H groups in total. The normalized spacial score (nSPS) is 13.1. The maximum atomic E-state index is 12.0. The van der Waals surface area contributed by atoms with Gasteiger partial charge in [0.15, 0.2) is 0 Å². The monoisotopic (exact) mass is 304 g/mol. The molecule has 1 amide bonds. The summed E-state index contributed by atoms with van der Waals surface area (Å²) in [6.07, 6.45) is -4.71. The van der Waals surface area contributed by atoms with E-state index < -0.39 is 12.4 Å². The second-order valence-corrected chi connectivity index (χ2v) is 5.16. The van der Waals surface area contributed by atoms with Crippen molar-refractivity contribution in [1.29, 1.82) is 0 Å². The van der Waals surface area contributed by atoms with E-state index in [4.69, 9.17) is 5.73 Å². The summed E-state index contributed by atoms with van der Waals surface area (Å²) in [7, 11) is 1.60. The average molecular weight is 304 g/mol. The van der Waals surface area contributed by atoms with Crippen molar-refractivity contribution in [3.63, 3.8) is 0 Å². The van der Waals surface area contributed by atoms with E-state index in [9.17, 15) is 18.0 Å². The highest BCUT2D eigenvalue weighted by atomic mass is 19.4. The van der Waals surface area contributed by atoms with Crippen molar-refractivity contribution < 1.29 is 22.7 Å². The van der Waals surface area contributed by atoms with Gasteiger partial charge in [-0.05, 0) is 23.6 Å². The molecule has 1 aromatic carbocycles. The molecule has 118 valence electrons. The van der Waals surface area contributed by atoms with E-state index in [-0.39, 0.29) is 24.1 Å². The summed E-state index contributed by atoms with van der Waals surface area (Å²) < 4.78 is 39.9. The van der Waals surface area contributed by atoms with Crippen LogP contribution in [0.1, 0.15) is 19.4 Å². The molecule has 0 saturated carbocycles. The number of nitrogens with two attached hydrogens (primary N) is 1. The van der Waals surface area contributed by atoms with Gasteiger partial charge in [-0.25, -0.2) is 0 Å². The Morgan fingerprint density at radius 2 is 1.81 bits per heavy atom. The molecule has 0 aliphatic rings. The number of halogens is 3. The molecule has 0 aliphatic heterocycles. The molecule has 0 aliphatic carbocycles. The van der Waals surface area contributed by atoms with Gasteiger partial charge in [-0.3, -0.25) is 4.79 Å². The van der Waals surface area contributed by atoms with Crippen LogP contribution in [0, 0.1) is 5.92 Å². The SMILES string of the molecule is CC(C)[C@H](N)C(=O)N(C)Cc1ccc(OC(F)(F)F)cc1. The van der Waals surface area contributed by atoms with Gasteiger partial charge < -0.3 is 15.4 Å². The van der Waals surface area contributed by atoms with E-state index in [0.717, 1.165) is 0 Å². The standard InChI is InChI=1S/C14H19F3N2O2/c1-9(2)12(18)13(20)19(3)8-10-4-6-11(7-5-10)21-14(15,16)17/h4-7,9,12H,8,18H2,1-3H3/t12-/m0/s1. The number of rotatable bonds is 5. The second-order valence-electron chi connectivity index (χ2n) is 5.16. The lowest BCUT2D eigenvalue weighted by atomic mass is 10.0. The molecule has 0 radical (unpaired) electrons. The number of carbonyl (C=O) groups excluding carboxylic acids is 1. The second kappa shape index (κ2) is 6.80. The number of carbonyl (C=O) groups is 1. The Morgan fingerprint density at radius 3 is 2.24 bits per heavy atom. The fourth-order valence-corrected chi connectivity index (χ4v) is 1.69. The third-order valence-electron chi connectivity index (χ3n) is 2.96. The first-order chi connectivity index (χ1) is 9.60. The first-order valence-corrected chi connectivity index (χ1v) is 6.45. The van der Waals surface area contributed by atoms with Gasteiger partial charge in [0.2, 0.25) is 5.91 Å². The Balaban J connectivity index is 2.65. The summed E-state index contributed by atoms with van der Waals surface area (Å²) in [5, 5.41) is 0.